The first-order chi connectivity index (χ1) is 10.0. The monoisotopic (exact) mass is 383 g/mol. The van der Waals surface area contributed by atoms with Gasteiger partial charge < -0.3 is 0 Å². The first-order valence-electron chi connectivity index (χ1n) is 6.00. The minimum absolute atomic E-state index is 0.154. The van der Waals surface area contributed by atoms with Crippen molar-refractivity contribution in [2.45, 2.75) is 6.54 Å². The molecule has 2 heterocycles. The molecule has 0 unspecified atom stereocenters. The second-order valence-electron chi connectivity index (χ2n) is 4.40. The molecule has 3 aromatic rings. The molecule has 0 aliphatic heterocycles. The van der Waals surface area contributed by atoms with Crippen LogP contribution >= 0.6 is 39.1 Å². The third-order valence-corrected chi connectivity index (χ3v) is 4.04. The highest BCUT2D eigenvalue weighted by atomic mass is 79.9. The first-order valence-corrected chi connectivity index (χ1v) is 7.55. The van der Waals surface area contributed by atoms with Crippen LogP contribution in [0.4, 0.5) is 0 Å². The van der Waals surface area contributed by atoms with E-state index in [0.29, 0.717) is 26.8 Å². The molecule has 0 saturated carbocycles. The number of rotatable bonds is 2. The van der Waals surface area contributed by atoms with Gasteiger partial charge >= 0.3 is 0 Å². The molecule has 0 fully saturated rings. The van der Waals surface area contributed by atoms with E-state index in [4.69, 9.17) is 23.2 Å². The lowest BCUT2D eigenvalue weighted by Crippen LogP contribution is -2.21. The van der Waals surface area contributed by atoms with Crippen LogP contribution in [0, 0.1) is 0 Å². The molecule has 106 valence electrons. The largest absolute Gasteiger partial charge is 0.293 e. The second kappa shape index (κ2) is 5.75. The Bertz CT molecular complexity index is 895. The van der Waals surface area contributed by atoms with E-state index in [2.05, 4.69) is 25.9 Å². The summed E-state index contributed by atoms with van der Waals surface area (Å²) in [7, 11) is 0. The van der Waals surface area contributed by atoms with Crippen LogP contribution in [-0.2, 0) is 6.54 Å². The Labute approximate surface area is 138 Å². The van der Waals surface area contributed by atoms with E-state index < -0.39 is 0 Å². The average Bonchev–Trinajstić information content (AvgIpc) is 2.46. The van der Waals surface area contributed by atoms with Crippen LogP contribution in [0.1, 0.15) is 5.69 Å². The van der Waals surface area contributed by atoms with E-state index in [1.165, 1.54) is 10.9 Å². The van der Waals surface area contributed by atoms with Crippen molar-refractivity contribution >= 4 is 50.0 Å². The van der Waals surface area contributed by atoms with E-state index in [1.807, 2.05) is 6.07 Å². The zero-order valence-corrected chi connectivity index (χ0v) is 13.7. The Morgan fingerprint density at radius 2 is 2.00 bits per heavy atom. The summed E-state index contributed by atoms with van der Waals surface area (Å²) in [5, 5.41) is 1.32. The standard InChI is InChI=1S/C14H8BrCl2N3O/c15-8-1-3-11-9(5-8)14(21)20(7-18-11)6-12-10(16)2-4-13(17)19-12/h1-5,7H,6H2. The summed E-state index contributed by atoms with van der Waals surface area (Å²) in [6, 6.07) is 8.63. The van der Waals surface area contributed by atoms with Gasteiger partial charge in [-0.15, -0.1) is 0 Å². The van der Waals surface area contributed by atoms with Crippen molar-refractivity contribution < 1.29 is 0 Å². The molecule has 0 bridgehead atoms. The summed E-state index contributed by atoms with van der Waals surface area (Å²) in [4.78, 5) is 20.9. The molecule has 0 radical (unpaired) electrons. The minimum atomic E-state index is -0.154. The lowest BCUT2D eigenvalue weighted by Gasteiger charge is -2.08. The predicted molar refractivity (Wildman–Crippen MR) is 87.1 cm³/mol. The highest BCUT2D eigenvalue weighted by molar-refractivity contribution is 9.10. The van der Waals surface area contributed by atoms with Crippen LogP contribution in [0.25, 0.3) is 10.9 Å². The maximum Gasteiger partial charge on any atom is 0.261 e. The molecule has 4 nitrogen and oxygen atoms in total. The van der Waals surface area contributed by atoms with Gasteiger partial charge in [0.2, 0.25) is 0 Å². The maximum atomic E-state index is 12.5. The molecular formula is C14H8BrCl2N3O. The number of fused-ring (bicyclic) bond motifs is 1. The Morgan fingerprint density at radius 1 is 1.19 bits per heavy atom. The van der Waals surface area contributed by atoms with Crippen molar-refractivity contribution in [3.63, 3.8) is 0 Å². The van der Waals surface area contributed by atoms with Crippen molar-refractivity contribution in [2.24, 2.45) is 0 Å². The third-order valence-electron chi connectivity index (χ3n) is 2.99. The summed E-state index contributed by atoms with van der Waals surface area (Å²) >= 11 is 15.3. The van der Waals surface area contributed by atoms with Gasteiger partial charge in [-0.05, 0) is 30.3 Å². The van der Waals surface area contributed by atoms with Gasteiger partial charge in [0.05, 0.1) is 34.5 Å². The predicted octanol–water partition coefficient (Wildman–Crippen LogP) is 3.91. The molecule has 0 aliphatic carbocycles. The molecule has 0 spiro atoms. The number of nitrogens with zero attached hydrogens (tertiary/aromatic N) is 3. The molecule has 3 rings (SSSR count). The summed E-state index contributed by atoms with van der Waals surface area (Å²) in [5.41, 5.74) is 1.02. The smallest absolute Gasteiger partial charge is 0.261 e. The number of benzene rings is 1. The fraction of sp³-hybridized carbons (Fsp3) is 0.0714. The molecule has 0 atom stereocenters. The first kappa shape index (κ1) is 14.5. The van der Waals surface area contributed by atoms with E-state index >= 15 is 0 Å². The highest BCUT2D eigenvalue weighted by Crippen LogP contribution is 2.18. The van der Waals surface area contributed by atoms with Crippen molar-refractivity contribution in [1.29, 1.82) is 0 Å². The Hall–Kier alpha value is -1.43. The van der Waals surface area contributed by atoms with Gasteiger partial charge in [-0.3, -0.25) is 9.36 Å². The van der Waals surface area contributed by atoms with Gasteiger partial charge in [0, 0.05) is 4.47 Å². The molecule has 0 aliphatic rings. The molecule has 2 aromatic heterocycles. The van der Waals surface area contributed by atoms with Crippen LogP contribution in [0.15, 0.2) is 45.9 Å². The number of hydrogen-bond acceptors (Lipinski definition) is 3. The van der Waals surface area contributed by atoms with Crippen LogP contribution in [0.5, 0.6) is 0 Å². The summed E-state index contributed by atoms with van der Waals surface area (Å²) in [6.45, 7) is 0.216. The van der Waals surface area contributed by atoms with Crippen LogP contribution < -0.4 is 5.56 Å². The minimum Gasteiger partial charge on any atom is -0.293 e. The second-order valence-corrected chi connectivity index (χ2v) is 6.11. The summed E-state index contributed by atoms with van der Waals surface area (Å²) in [6.07, 6.45) is 1.48. The van der Waals surface area contributed by atoms with Crippen molar-refractivity contribution in [2.75, 3.05) is 0 Å². The SMILES string of the molecule is O=c1c2cc(Br)ccc2ncn1Cc1nc(Cl)ccc1Cl. The lowest BCUT2D eigenvalue weighted by atomic mass is 10.2. The molecule has 0 saturated heterocycles. The van der Waals surface area contributed by atoms with Gasteiger partial charge in [-0.2, -0.15) is 0 Å². The quantitative estimate of drug-likeness (QED) is 0.629. The third kappa shape index (κ3) is 2.95. The Morgan fingerprint density at radius 3 is 2.81 bits per heavy atom. The zero-order valence-electron chi connectivity index (χ0n) is 10.6. The lowest BCUT2D eigenvalue weighted by molar-refractivity contribution is 0.730. The van der Waals surface area contributed by atoms with Gasteiger partial charge in [0.1, 0.15) is 5.15 Å². The van der Waals surface area contributed by atoms with Crippen LogP contribution in [-0.4, -0.2) is 14.5 Å². The number of pyridine rings is 1. The maximum absolute atomic E-state index is 12.5. The normalized spacial score (nSPS) is 11.0. The fourth-order valence-corrected chi connectivity index (χ4v) is 2.66. The Balaban J connectivity index is 2.11. The Kier molecular flexibility index (Phi) is 3.97. The van der Waals surface area contributed by atoms with E-state index in [-0.39, 0.29) is 12.1 Å². The zero-order chi connectivity index (χ0) is 15.0. The van der Waals surface area contributed by atoms with Crippen molar-refractivity contribution in [3.8, 4) is 0 Å². The van der Waals surface area contributed by atoms with E-state index in [1.54, 1.807) is 24.3 Å². The topological polar surface area (TPSA) is 47.8 Å². The van der Waals surface area contributed by atoms with Crippen molar-refractivity contribution in [1.82, 2.24) is 14.5 Å². The molecule has 7 heteroatoms. The fourth-order valence-electron chi connectivity index (χ4n) is 1.97. The molecule has 0 N–H and O–H groups in total. The van der Waals surface area contributed by atoms with E-state index in [9.17, 15) is 4.79 Å². The number of aromatic nitrogens is 3. The van der Waals surface area contributed by atoms with Gasteiger partial charge in [0.15, 0.2) is 0 Å². The highest BCUT2D eigenvalue weighted by Gasteiger charge is 2.09. The number of hydrogen-bond donors (Lipinski definition) is 0. The van der Waals surface area contributed by atoms with Crippen LogP contribution in [0.2, 0.25) is 10.2 Å². The molecule has 0 amide bonds. The summed E-state index contributed by atoms with van der Waals surface area (Å²) in [5.74, 6) is 0. The van der Waals surface area contributed by atoms with Gasteiger partial charge in [0.25, 0.3) is 5.56 Å². The molecule has 1 aromatic carbocycles. The van der Waals surface area contributed by atoms with Gasteiger partial charge in [-0.1, -0.05) is 39.1 Å². The van der Waals surface area contributed by atoms with Crippen molar-refractivity contribution in [3.05, 3.63) is 67.4 Å². The summed E-state index contributed by atoms with van der Waals surface area (Å²) < 4.78 is 2.28. The van der Waals surface area contributed by atoms with Gasteiger partial charge in [-0.25, -0.2) is 9.97 Å². The van der Waals surface area contributed by atoms with Crippen LogP contribution in [0.3, 0.4) is 0 Å². The van der Waals surface area contributed by atoms with E-state index in [0.717, 1.165) is 4.47 Å². The molecular weight excluding hydrogens is 377 g/mol. The molecule has 21 heavy (non-hydrogen) atoms. The number of halogens is 3. The average molecular weight is 385 g/mol.